The molecule has 0 amide bonds. The van der Waals surface area contributed by atoms with E-state index in [2.05, 4.69) is 4.98 Å². The minimum absolute atomic E-state index is 0.164. The van der Waals surface area contributed by atoms with Crippen LogP contribution in [0.25, 0.3) is 16.7 Å². The third kappa shape index (κ3) is 2.51. The zero-order valence-electron chi connectivity index (χ0n) is 11.4. The number of aromatic nitrogens is 2. The van der Waals surface area contributed by atoms with Crippen LogP contribution in [-0.2, 0) is 6.42 Å². The number of fused-ring (bicyclic) bond motifs is 1. The van der Waals surface area contributed by atoms with Gasteiger partial charge in [0.25, 0.3) is 0 Å². The lowest BCUT2D eigenvalue weighted by Crippen LogP contribution is -2.02. The molecule has 3 aromatic rings. The van der Waals surface area contributed by atoms with Crippen LogP contribution in [0.5, 0.6) is 0 Å². The van der Waals surface area contributed by atoms with Crippen molar-refractivity contribution in [3.05, 3.63) is 59.4 Å². The molecule has 2 nitrogen and oxygen atoms in total. The summed E-state index contributed by atoms with van der Waals surface area (Å²) in [5.74, 6) is -0.301. The van der Waals surface area contributed by atoms with Crippen LogP contribution in [0, 0.1) is 18.6 Å². The molecule has 0 radical (unpaired) electrons. The van der Waals surface area contributed by atoms with Crippen molar-refractivity contribution in [1.82, 2.24) is 9.55 Å². The lowest BCUT2D eigenvalue weighted by molar-refractivity contribution is 0.590. The summed E-state index contributed by atoms with van der Waals surface area (Å²) >= 11 is 5.80. The molecule has 3 rings (SSSR count). The van der Waals surface area contributed by atoms with Gasteiger partial charge >= 0.3 is 0 Å². The van der Waals surface area contributed by atoms with Crippen molar-refractivity contribution in [2.45, 2.75) is 13.3 Å². The number of halogens is 3. The van der Waals surface area contributed by atoms with Crippen molar-refractivity contribution in [1.29, 1.82) is 0 Å². The van der Waals surface area contributed by atoms with Gasteiger partial charge in [-0.1, -0.05) is 17.7 Å². The van der Waals surface area contributed by atoms with Crippen molar-refractivity contribution in [2.24, 2.45) is 0 Å². The molecule has 0 atom stereocenters. The molecule has 0 aliphatic heterocycles. The van der Waals surface area contributed by atoms with E-state index in [0.717, 1.165) is 17.3 Å². The van der Waals surface area contributed by atoms with Crippen LogP contribution >= 0.6 is 11.6 Å². The Morgan fingerprint density at radius 1 is 1.14 bits per heavy atom. The molecule has 5 heteroatoms. The van der Waals surface area contributed by atoms with E-state index in [1.54, 1.807) is 4.57 Å². The van der Waals surface area contributed by atoms with E-state index in [1.807, 2.05) is 31.2 Å². The largest absolute Gasteiger partial charge is 0.296 e. The van der Waals surface area contributed by atoms with Crippen LogP contribution < -0.4 is 0 Å². The Balaban J connectivity index is 2.32. The lowest BCUT2D eigenvalue weighted by Gasteiger charge is -2.09. The number of imidazole rings is 1. The Morgan fingerprint density at radius 3 is 2.52 bits per heavy atom. The van der Waals surface area contributed by atoms with Crippen LogP contribution in [0.3, 0.4) is 0 Å². The molecule has 0 aliphatic rings. The van der Waals surface area contributed by atoms with Gasteiger partial charge in [0.05, 0.1) is 5.52 Å². The van der Waals surface area contributed by atoms with Crippen molar-refractivity contribution < 1.29 is 8.78 Å². The summed E-state index contributed by atoms with van der Waals surface area (Å²) in [6.07, 6.45) is 0.477. The minimum atomic E-state index is -0.660. The van der Waals surface area contributed by atoms with Gasteiger partial charge < -0.3 is 0 Å². The quantitative estimate of drug-likeness (QED) is 0.656. The topological polar surface area (TPSA) is 17.8 Å². The van der Waals surface area contributed by atoms with Crippen molar-refractivity contribution in [3.8, 4) is 5.69 Å². The highest BCUT2D eigenvalue weighted by Crippen LogP contribution is 2.25. The molecule has 108 valence electrons. The molecule has 0 fully saturated rings. The van der Waals surface area contributed by atoms with Crippen LogP contribution in [-0.4, -0.2) is 15.4 Å². The third-order valence-corrected chi connectivity index (χ3v) is 3.55. The third-order valence-electron chi connectivity index (χ3n) is 3.36. The maximum atomic E-state index is 13.9. The Hall–Kier alpha value is -1.94. The first-order chi connectivity index (χ1) is 10.1. The van der Waals surface area contributed by atoms with E-state index >= 15 is 0 Å². The first-order valence-electron chi connectivity index (χ1n) is 6.59. The second kappa shape index (κ2) is 5.45. The summed E-state index contributed by atoms with van der Waals surface area (Å²) in [6.45, 7) is 1.98. The van der Waals surface area contributed by atoms with E-state index in [4.69, 9.17) is 11.6 Å². The van der Waals surface area contributed by atoms with E-state index < -0.39 is 11.6 Å². The van der Waals surface area contributed by atoms with E-state index in [1.165, 1.54) is 6.07 Å². The molecule has 1 heterocycles. The SMILES string of the molecule is Cc1ccc(-n2c(CCCl)nc3c(F)cc(F)cc32)cc1. The van der Waals surface area contributed by atoms with Crippen molar-refractivity contribution in [3.63, 3.8) is 0 Å². The molecule has 0 unspecified atom stereocenters. The van der Waals surface area contributed by atoms with Gasteiger partial charge in [0.2, 0.25) is 0 Å². The van der Waals surface area contributed by atoms with Crippen molar-refractivity contribution >= 4 is 22.6 Å². The van der Waals surface area contributed by atoms with Gasteiger partial charge in [-0.15, -0.1) is 11.6 Å². The zero-order chi connectivity index (χ0) is 15.0. The average molecular weight is 307 g/mol. The molecule has 0 saturated heterocycles. The number of benzene rings is 2. The second-order valence-corrected chi connectivity index (χ2v) is 5.27. The molecule has 0 saturated carbocycles. The summed E-state index contributed by atoms with van der Waals surface area (Å²) < 4.78 is 29.2. The van der Waals surface area contributed by atoms with Crippen LogP contribution in [0.1, 0.15) is 11.4 Å². The minimum Gasteiger partial charge on any atom is -0.296 e. The Labute approximate surface area is 126 Å². The summed E-state index contributed by atoms with van der Waals surface area (Å²) in [7, 11) is 0. The van der Waals surface area contributed by atoms with Crippen LogP contribution in [0.2, 0.25) is 0 Å². The first-order valence-corrected chi connectivity index (χ1v) is 7.13. The molecular formula is C16H13ClF2N2. The lowest BCUT2D eigenvalue weighted by atomic mass is 10.2. The first kappa shape index (κ1) is 14.0. The number of aryl methyl sites for hydroxylation is 2. The Morgan fingerprint density at radius 2 is 1.86 bits per heavy atom. The van der Waals surface area contributed by atoms with Crippen LogP contribution in [0.4, 0.5) is 8.78 Å². The molecule has 0 spiro atoms. The fraction of sp³-hybridized carbons (Fsp3) is 0.188. The van der Waals surface area contributed by atoms with E-state index in [-0.39, 0.29) is 5.52 Å². The van der Waals surface area contributed by atoms with E-state index in [9.17, 15) is 8.78 Å². The molecule has 21 heavy (non-hydrogen) atoms. The van der Waals surface area contributed by atoms with Crippen LogP contribution in [0.15, 0.2) is 36.4 Å². The highest BCUT2D eigenvalue weighted by Gasteiger charge is 2.16. The molecule has 0 bridgehead atoms. The molecule has 2 aromatic carbocycles. The van der Waals surface area contributed by atoms with Gasteiger partial charge in [0.15, 0.2) is 5.82 Å². The molecule has 0 N–H and O–H groups in total. The highest BCUT2D eigenvalue weighted by molar-refractivity contribution is 6.17. The predicted molar refractivity (Wildman–Crippen MR) is 80.1 cm³/mol. The fourth-order valence-electron chi connectivity index (χ4n) is 2.39. The molecule has 0 aliphatic carbocycles. The smallest absolute Gasteiger partial charge is 0.153 e. The summed E-state index contributed by atoms with van der Waals surface area (Å²) in [4.78, 5) is 4.28. The Bertz CT molecular complexity index is 794. The second-order valence-electron chi connectivity index (χ2n) is 4.89. The monoisotopic (exact) mass is 306 g/mol. The number of nitrogens with zero attached hydrogens (tertiary/aromatic N) is 2. The van der Waals surface area contributed by atoms with Gasteiger partial charge in [-0.25, -0.2) is 13.8 Å². The fourth-order valence-corrected chi connectivity index (χ4v) is 2.55. The predicted octanol–water partition coefficient (Wildman–Crippen LogP) is 4.39. The zero-order valence-corrected chi connectivity index (χ0v) is 12.2. The summed E-state index contributed by atoms with van der Waals surface area (Å²) in [5.41, 5.74) is 2.50. The average Bonchev–Trinajstić information content (AvgIpc) is 2.79. The molecular weight excluding hydrogens is 294 g/mol. The number of alkyl halides is 1. The van der Waals surface area contributed by atoms with Gasteiger partial charge in [-0.2, -0.15) is 0 Å². The van der Waals surface area contributed by atoms with Gasteiger partial charge in [-0.3, -0.25) is 4.57 Å². The maximum absolute atomic E-state index is 13.9. The number of hydrogen-bond donors (Lipinski definition) is 0. The summed E-state index contributed by atoms with van der Waals surface area (Å²) in [5, 5.41) is 0. The standard InChI is InChI=1S/C16H13ClF2N2/c1-10-2-4-12(5-3-10)21-14-9-11(18)8-13(19)16(14)20-15(21)6-7-17/h2-5,8-9H,6-7H2,1H3. The number of rotatable bonds is 3. The van der Waals surface area contributed by atoms with E-state index in [0.29, 0.717) is 23.6 Å². The highest BCUT2D eigenvalue weighted by atomic mass is 35.5. The number of hydrogen-bond acceptors (Lipinski definition) is 1. The molecule has 1 aromatic heterocycles. The maximum Gasteiger partial charge on any atom is 0.153 e. The van der Waals surface area contributed by atoms with Crippen molar-refractivity contribution in [2.75, 3.05) is 5.88 Å². The summed E-state index contributed by atoms with van der Waals surface area (Å²) in [6, 6.07) is 9.83. The van der Waals surface area contributed by atoms with Gasteiger partial charge in [0, 0.05) is 30.1 Å². The van der Waals surface area contributed by atoms with Gasteiger partial charge in [0.1, 0.15) is 17.2 Å². The normalized spacial score (nSPS) is 11.2. The Kier molecular flexibility index (Phi) is 3.64. The van der Waals surface area contributed by atoms with Gasteiger partial charge in [-0.05, 0) is 19.1 Å².